The fourth-order valence-electron chi connectivity index (χ4n) is 2.50. The molecule has 6 heteroatoms. The molecule has 1 saturated heterocycles. The van der Waals surface area contributed by atoms with Gasteiger partial charge in [-0.1, -0.05) is 30.3 Å². The normalized spacial score (nSPS) is 18.0. The predicted molar refractivity (Wildman–Crippen MR) is 87.8 cm³/mol. The molecule has 1 aliphatic rings. The Kier molecular flexibility index (Phi) is 5.05. The van der Waals surface area contributed by atoms with E-state index in [1.165, 1.54) is 0 Å². The molecule has 2 amide bonds. The SMILES string of the molecule is O=C(NCc1ccsc1)C1COCC(=O)N1Cc1ccccc1. The summed E-state index contributed by atoms with van der Waals surface area (Å²) in [4.78, 5) is 26.2. The molecule has 1 aromatic carbocycles. The number of carbonyl (C=O) groups excluding carboxylic acids is 2. The number of carbonyl (C=O) groups is 2. The topological polar surface area (TPSA) is 58.6 Å². The maximum atomic E-state index is 12.5. The van der Waals surface area contributed by atoms with Gasteiger partial charge in [0.2, 0.25) is 11.8 Å². The number of rotatable bonds is 5. The first-order valence-electron chi connectivity index (χ1n) is 7.44. The van der Waals surface area contributed by atoms with Crippen LogP contribution in [-0.2, 0) is 27.4 Å². The van der Waals surface area contributed by atoms with Gasteiger partial charge in [-0.15, -0.1) is 0 Å². The second-order valence-corrected chi connectivity index (χ2v) is 6.17. The minimum Gasteiger partial charge on any atom is -0.369 e. The Morgan fingerprint density at radius 3 is 2.83 bits per heavy atom. The van der Waals surface area contributed by atoms with Gasteiger partial charge in [0.15, 0.2) is 0 Å². The molecule has 0 radical (unpaired) electrons. The number of nitrogens with zero attached hydrogens (tertiary/aromatic N) is 1. The molecule has 0 aliphatic carbocycles. The standard InChI is InChI=1S/C17H18N2O3S/c20-16-11-22-10-15(17(21)18-8-14-6-7-23-12-14)19(16)9-13-4-2-1-3-5-13/h1-7,12,15H,8-11H2,(H,18,21). The largest absolute Gasteiger partial charge is 0.369 e. The molecule has 1 aliphatic heterocycles. The van der Waals surface area contributed by atoms with Crippen LogP contribution in [0.2, 0.25) is 0 Å². The lowest BCUT2D eigenvalue weighted by Crippen LogP contribution is -2.55. The number of benzene rings is 1. The van der Waals surface area contributed by atoms with E-state index < -0.39 is 6.04 Å². The van der Waals surface area contributed by atoms with E-state index in [-0.39, 0.29) is 25.0 Å². The summed E-state index contributed by atoms with van der Waals surface area (Å²) < 4.78 is 5.27. The van der Waals surface area contributed by atoms with E-state index in [0.717, 1.165) is 11.1 Å². The van der Waals surface area contributed by atoms with Gasteiger partial charge in [-0.05, 0) is 28.0 Å². The summed E-state index contributed by atoms with van der Waals surface area (Å²) in [5.41, 5.74) is 2.05. The highest BCUT2D eigenvalue weighted by Crippen LogP contribution is 2.14. The molecule has 0 bridgehead atoms. The molecule has 0 spiro atoms. The summed E-state index contributed by atoms with van der Waals surface area (Å²) in [6.45, 7) is 1.14. The van der Waals surface area contributed by atoms with Crippen molar-refractivity contribution < 1.29 is 14.3 Å². The van der Waals surface area contributed by atoms with Gasteiger partial charge in [-0.2, -0.15) is 11.3 Å². The van der Waals surface area contributed by atoms with Crippen LogP contribution in [0, 0.1) is 0 Å². The first-order valence-corrected chi connectivity index (χ1v) is 8.38. The fraction of sp³-hybridized carbons (Fsp3) is 0.294. The Labute approximate surface area is 138 Å². The number of hydrogen-bond donors (Lipinski definition) is 1. The number of thiophene rings is 1. The fourth-order valence-corrected chi connectivity index (χ4v) is 3.17. The van der Waals surface area contributed by atoms with Crippen LogP contribution in [0.3, 0.4) is 0 Å². The van der Waals surface area contributed by atoms with Gasteiger partial charge in [0.25, 0.3) is 0 Å². The molecule has 1 unspecified atom stereocenters. The van der Waals surface area contributed by atoms with Crippen LogP contribution in [0.1, 0.15) is 11.1 Å². The van der Waals surface area contributed by atoms with Crippen molar-refractivity contribution in [2.45, 2.75) is 19.1 Å². The average Bonchev–Trinajstić information content (AvgIpc) is 3.09. The summed E-state index contributed by atoms with van der Waals surface area (Å²) >= 11 is 1.59. The highest BCUT2D eigenvalue weighted by Gasteiger charge is 2.33. The van der Waals surface area contributed by atoms with E-state index in [1.54, 1.807) is 16.2 Å². The van der Waals surface area contributed by atoms with Crippen molar-refractivity contribution >= 4 is 23.2 Å². The van der Waals surface area contributed by atoms with Crippen molar-refractivity contribution in [3.63, 3.8) is 0 Å². The average molecular weight is 330 g/mol. The van der Waals surface area contributed by atoms with Crippen molar-refractivity contribution in [1.29, 1.82) is 0 Å². The molecule has 1 fully saturated rings. The van der Waals surface area contributed by atoms with Crippen molar-refractivity contribution in [3.8, 4) is 0 Å². The van der Waals surface area contributed by atoms with Crippen LogP contribution in [0.25, 0.3) is 0 Å². The molecule has 23 heavy (non-hydrogen) atoms. The first kappa shape index (κ1) is 15.7. The number of nitrogens with one attached hydrogen (secondary N) is 1. The van der Waals surface area contributed by atoms with Crippen molar-refractivity contribution in [3.05, 3.63) is 58.3 Å². The lowest BCUT2D eigenvalue weighted by molar-refractivity contribution is -0.155. The third-order valence-corrected chi connectivity index (χ3v) is 4.48. The Hall–Kier alpha value is -2.18. The molecule has 1 atom stereocenters. The molecular formula is C17H18N2O3S. The summed E-state index contributed by atoms with van der Waals surface area (Å²) in [5.74, 6) is -0.337. The van der Waals surface area contributed by atoms with E-state index in [4.69, 9.17) is 4.74 Å². The highest BCUT2D eigenvalue weighted by atomic mass is 32.1. The molecule has 2 heterocycles. The zero-order valence-electron chi connectivity index (χ0n) is 12.6. The van der Waals surface area contributed by atoms with E-state index in [2.05, 4.69) is 5.32 Å². The van der Waals surface area contributed by atoms with Gasteiger partial charge < -0.3 is 15.0 Å². The lowest BCUT2D eigenvalue weighted by Gasteiger charge is -2.34. The van der Waals surface area contributed by atoms with Gasteiger partial charge >= 0.3 is 0 Å². The van der Waals surface area contributed by atoms with Crippen molar-refractivity contribution in [1.82, 2.24) is 10.2 Å². The second kappa shape index (κ2) is 7.39. The van der Waals surface area contributed by atoms with Crippen LogP contribution < -0.4 is 5.32 Å². The number of ether oxygens (including phenoxy) is 1. The molecule has 5 nitrogen and oxygen atoms in total. The van der Waals surface area contributed by atoms with Crippen LogP contribution in [0.5, 0.6) is 0 Å². The van der Waals surface area contributed by atoms with Gasteiger partial charge in [-0.25, -0.2) is 0 Å². The maximum absolute atomic E-state index is 12.5. The highest BCUT2D eigenvalue weighted by molar-refractivity contribution is 7.07. The van der Waals surface area contributed by atoms with E-state index in [1.807, 2.05) is 47.2 Å². The third-order valence-electron chi connectivity index (χ3n) is 3.74. The minimum atomic E-state index is -0.588. The van der Waals surface area contributed by atoms with Gasteiger partial charge in [0, 0.05) is 13.1 Å². The molecule has 0 saturated carbocycles. The Bertz CT molecular complexity index is 658. The lowest BCUT2D eigenvalue weighted by atomic mass is 10.1. The summed E-state index contributed by atoms with van der Waals surface area (Å²) in [5, 5.41) is 6.84. The van der Waals surface area contributed by atoms with Gasteiger partial charge in [0.1, 0.15) is 12.6 Å². The predicted octanol–water partition coefficient (Wildman–Crippen LogP) is 1.79. The molecule has 3 rings (SSSR count). The maximum Gasteiger partial charge on any atom is 0.249 e. The minimum absolute atomic E-state index is 0.0289. The Balaban J connectivity index is 1.67. The van der Waals surface area contributed by atoms with Gasteiger partial charge in [0.05, 0.1) is 6.61 Å². The monoisotopic (exact) mass is 330 g/mol. The van der Waals surface area contributed by atoms with Crippen LogP contribution in [0.4, 0.5) is 0 Å². The van der Waals surface area contributed by atoms with E-state index >= 15 is 0 Å². The zero-order chi connectivity index (χ0) is 16.1. The molecule has 1 N–H and O–H groups in total. The number of amides is 2. The molecule has 1 aromatic heterocycles. The summed E-state index contributed by atoms with van der Waals surface area (Å²) in [6, 6.07) is 11.0. The van der Waals surface area contributed by atoms with Crippen molar-refractivity contribution in [2.75, 3.05) is 13.2 Å². The van der Waals surface area contributed by atoms with Crippen LogP contribution >= 0.6 is 11.3 Å². The summed E-state index contributed by atoms with van der Waals surface area (Å²) in [6.07, 6.45) is 0. The van der Waals surface area contributed by atoms with E-state index in [0.29, 0.717) is 13.1 Å². The number of morpholine rings is 1. The Morgan fingerprint density at radius 1 is 1.26 bits per heavy atom. The first-order chi connectivity index (χ1) is 11.2. The van der Waals surface area contributed by atoms with Gasteiger partial charge in [-0.3, -0.25) is 9.59 Å². The summed E-state index contributed by atoms with van der Waals surface area (Å²) in [7, 11) is 0. The van der Waals surface area contributed by atoms with Crippen LogP contribution in [-0.4, -0.2) is 36.0 Å². The van der Waals surface area contributed by atoms with Crippen LogP contribution in [0.15, 0.2) is 47.2 Å². The Morgan fingerprint density at radius 2 is 2.09 bits per heavy atom. The smallest absolute Gasteiger partial charge is 0.249 e. The molecule has 120 valence electrons. The zero-order valence-corrected chi connectivity index (χ0v) is 13.4. The van der Waals surface area contributed by atoms with Crippen molar-refractivity contribution in [2.24, 2.45) is 0 Å². The quantitative estimate of drug-likeness (QED) is 0.909. The molecule has 2 aromatic rings. The second-order valence-electron chi connectivity index (χ2n) is 5.39. The molecular weight excluding hydrogens is 312 g/mol. The third kappa shape index (κ3) is 3.97. The number of hydrogen-bond acceptors (Lipinski definition) is 4. The van der Waals surface area contributed by atoms with E-state index in [9.17, 15) is 9.59 Å².